The molecular weight excluding hydrogens is 238 g/mol. The van der Waals surface area contributed by atoms with Gasteiger partial charge in [-0.3, -0.25) is 0 Å². The summed E-state index contributed by atoms with van der Waals surface area (Å²) in [6, 6.07) is 8.49. The maximum absolute atomic E-state index is 8.90. The molecule has 108 valence electrons. The summed E-state index contributed by atoms with van der Waals surface area (Å²) in [5.41, 5.74) is 1.47. The molecular formula is C16H27NO2. The first-order chi connectivity index (χ1) is 8.98. The molecule has 0 aliphatic heterocycles. The number of benzene rings is 1. The highest BCUT2D eigenvalue weighted by molar-refractivity contribution is 5.28. The van der Waals surface area contributed by atoms with E-state index >= 15 is 0 Å². The van der Waals surface area contributed by atoms with Crippen LogP contribution in [0.1, 0.15) is 45.2 Å². The summed E-state index contributed by atoms with van der Waals surface area (Å²) in [4.78, 5) is 0. The van der Waals surface area contributed by atoms with Crippen molar-refractivity contribution >= 4 is 0 Å². The molecule has 0 fully saturated rings. The van der Waals surface area contributed by atoms with Crippen LogP contribution in [0, 0.1) is 5.41 Å². The van der Waals surface area contributed by atoms with E-state index in [1.165, 1.54) is 5.56 Å². The molecule has 1 rings (SSSR count). The molecule has 3 heteroatoms. The topological polar surface area (TPSA) is 41.5 Å². The monoisotopic (exact) mass is 265 g/mol. The normalized spacial score (nSPS) is 13.3. The molecule has 0 spiro atoms. The molecule has 1 atom stereocenters. The van der Waals surface area contributed by atoms with E-state index in [1.807, 2.05) is 12.1 Å². The van der Waals surface area contributed by atoms with Gasteiger partial charge in [0.25, 0.3) is 0 Å². The number of nitrogens with one attached hydrogen (secondary N) is 1. The molecule has 19 heavy (non-hydrogen) atoms. The van der Waals surface area contributed by atoms with Gasteiger partial charge in [-0.2, -0.15) is 0 Å². The second-order valence-electron chi connectivity index (χ2n) is 5.87. The van der Waals surface area contributed by atoms with Crippen LogP contribution in [0.5, 0.6) is 5.75 Å². The average Bonchev–Trinajstić information content (AvgIpc) is 2.43. The van der Waals surface area contributed by atoms with E-state index in [0.717, 1.165) is 25.1 Å². The maximum atomic E-state index is 8.90. The summed E-state index contributed by atoms with van der Waals surface area (Å²) in [6.07, 6.45) is 1.90. The number of methoxy groups -OCH3 is 1. The molecule has 3 nitrogen and oxygen atoms in total. The predicted molar refractivity (Wildman–Crippen MR) is 79.5 cm³/mol. The van der Waals surface area contributed by atoms with E-state index in [0.29, 0.717) is 6.04 Å². The third-order valence-corrected chi connectivity index (χ3v) is 3.51. The highest BCUT2D eigenvalue weighted by Crippen LogP contribution is 2.23. The van der Waals surface area contributed by atoms with Crippen molar-refractivity contribution in [2.24, 2.45) is 5.41 Å². The number of hydrogen-bond donors (Lipinski definition) is 2. The van der Waals surface area contributed by atoms with Crippen LogP contribution in [0.2, 0.25) is 0 Å². The van der Waals surface area contributed by atoms with E-state index < -0.39 is 0 Å². The molecule has 0 bridgehead atoms. The Bertz CT molecular complexity index is 360. The zero-order chi connectivity index (χ0) is 14.3. The number of aliphatic hydroxyl groups is 1. The Morgan fingerprint density at radius 3 is 2.42 bits per heavy atom. The van der Waals surface area contributed by atoms with Crippen LogP contribution in [-0.4, -0.2) is 25.4 Å². The van der Waals surface area contributed by atoms with Gasteiger partial charge in [-0.25, -0.2) is 0 Å². The Hall–Kier alpha value is -1.06. The van der Waals surface area contributed by atoms with Gasteiger partial charge >= 0.3 is 0 Å². The third-order valence-electron chi connectivity index (χ3n) is 3.51. The number of rotatable bonds is 8. The van der Waals surface area contributed by atoms with Gasteiger partial charge in [-0.15, -0.1) is 0 Å². The molecule has 2 N–H and O–H groups in total. The molecule has 0 amide bonds. The molecule has 0 saturated heterocycles. The van der Waals surface area contributed by atoms with E-state index in [9.17, 15) is 0 Å². The fourth-order valence-corrected chi connectivity index (χ4v) is 2.09. The lowest BCUT2D eigenvalue weighted by Crippen LogP contribution is -2.31. The Kier molecular flexibility index (Phi) is 6.32. The van der Waals surface area contributed by atoms with Crippen LogP contribution in [0.4, 0.5) is 0 Å². The molecule has 1 unspecified atom stereocenters. The molecule has 0 aliphatic carbocycles. The lowest BCUT2D eigenvalue weighted by Gasteiger charge is -2.27. The quantitative estimate of drug-likeness (QED) is 0.758. The first kappa shape index (κ1) is 16.0. The van der Waals surface area contributed by atoms with Gasteiger partial charge in [0.2, 0.25) is 0 Å². The van der Waals surface area contributed by atoms with Crippen LogP contribution in [0.25, 0.3) is 0 Å². The number of aliphatic hydroxyl groups excluding tert-OH is 1. The van der Waals surface area contributed by atoms with Crippen molar-refractivity contribution in [1.82, 2.24) is 5.32 Å². The van der Waals surface area contributed by atoms with E-state index in [2.05, 4.69) is 38.2 Å². The Labute approximate surface area is 117 Å². The Morgan fingerprint density at radius 2 is 1.89 bits per heavy atom. The standard InChI is InChI=1S/C16H27NO2/c1-13(14-6-8-15(19-4)9-7-14)17-12-16(2,3)10-5-11-18/h6-9,13,17-18H,5,10-12H2,1-4H3. The summed E-state index contributed by atoms with van der Waals surface area (Å²) in [5.74, 6) is 0.888. The zero-order valence-corrected chi connectivity index (χ0v) is 12.6. The lowest BCUT2D eigenvalue weighted by atomic mass is 9.87. The second-order valence-corrected chi connectivity index (χ2v) is 5.87. The van der Waals surface area contributed by atoms with Crippen molar-refractivity contribution in [3.05, 3.63) is 29.8 Å². The Balaban J connectivity index is 2.47. The van der Waals surface area contributed by atoms with Crippen molar-refractivity contribution in [3.63, 3.8) is 0 Å². The molecule has 0 heterocycles. The van der Waals surface area contributed by atoms with Gasteiger partial charge < -0.3 is 15.2 Å². The van der Waals surface area contributed by atoms with Crippen molar-refractivity contribution in [2.45, 2.75) is 39.7 Å². The van der Waals surface area contributed by atoms with E-state index in [-0.39, 0.29) is 12.0 Å². The molecule has 1 aromatic rings. The fourth-order valence-electron chi connectivity index (χ4n) is 2.09. The van der Waals surface area contributed by atoms with Gasteiger partial charge in [-0.05, 0) is 42.9 Å². The predicted octanol–water partition coefficient (Wildman–Crippen LogP) is 3.14. The molecule has 0 aromatic heterocycles. The summed E-state index contributed by atoms with van der Waals surface area (Å²) < 4.78 is 5.16. The van der Waals surface area contributed by atoms with Crippen LogP contribution >= 0.6 is 0 Å². The smallest absolute Gasteiger partial charge is 0.118 e. The summed E-state index contributed by atoms with van der Waals surface area (Å²) >= 11 is 0. The highest BCUT2D eigenvalue weighted by Gasteiger charge is 2.18. The third kappa shape index (κ3) is 5.62. The van der Waals surface area contributed by atoms with Crippen molar-refractivity contribution < 1.29 is 9.84 Å². The highest BCUT2D eigenvalue weighted by atomic mass is 16.5. The van der Waals surface area contributed by atoms with E-state index in [4.69, 9.17) is 9.84 Å². The largest absolute Gasteiger partial charge is 0.497 e. The first-order valence-corrected chi connectivity index (χ1v) is 6.97. The molecule has 0 saturated carbocycles. The van der Waals surface area contributed by atoms with Crippen LogP contribution < -0.4 is 10.1 Å². The van der Waals surface area contributed by atoms with Gasteiger partial charge in [0.15, 0.2) is 0 Å². The number of ether oxygens (including phenoxy) is 1. The van der Waals surface area contributed by atoms with Gasteiger partial charge in [0, 0.05) is 19.2 Å². The van der Waals surface area contributed by atoms with Crippen LogP contribution in [0.3, 0.4) is 0 Å². The summed E-state index contributed by atoms with van der Waals surface area (Å²) in [5, 5.41) is 12.5. The van der Waals surface area contributed by atoms with Crippen molar-refractivity contribution in [1.29, 1.82) is 0 Å². The molecule has 0 aliphatic rings. The van der Waals surface area contributed by atoms with Gasteiger partial charge in [0.05, 0.1) is 7.11 Å². The average molecular weight is 265 g/mol. The summed E-state index contributed by atoms with van der Waals surface area (Å²) in [6.45, 7) is 7.86. The summed E-state index contributed by atoms with van der Waals surface area (Å²) in [7, 11) is 1.68. The van der Waals surface area contributed by atoms with Crippen molar-refractivity contribution in [2.75, 3.05) is 20.3 Å². The second kappa shape index (κ2) is 7.51. The zero-order valence-electron chi connectivity index (χ0n) is 12.6. The Morgan fingerprint density at radius 1 is 1.26 bits per heavy atom. The first-order valence-electron chi connectivity index (χ1n) is 6.97. The molecule has 0 radical (unpaired) electrons. The minimum absolute atomic E-state index is 0.212. The van der Waals surface area contributed by atoms with Crippen molar-refractivity contribution in [3.8, 4) is 5.75 Å². The lowest BCUT2D eigenvalue weighted by molar-refractivity contribution is 0.233. The minimum Gasteiger partial charge on any atom is -0.497 e. The van der Waals surface area contributed by atoms with Gasteiger partial charge in [0.1, 0.15) is 5.75 Å². The minimum atomic E-state index is 0.212. The maximum Gasteiger partial charge on any atom is 0.118 e. The SMILES string of the molecule is COc1ccc(C(C)NCC(C)(C)CCCO)cc1. The van der Waals surface area contributed by atoms with Crippen LogP contribution in [0.15, 0.2) is 24.3 Å². The van der Waals surface area contributed by atoms with Crippen LogP contribution in [-0.2, 0) is 0 Å². The van der Waals surface area contributed by atoms with E-state index in [1.54, 1.807) is 7.11 Å². The molecule has 1 aromatic carbocycles. The number of hydrogen-bond acceptors (Lipinski definition) is 3. The fraction of sp³-hybridized carbons (Fsp3) is 0.625. The van der Waals surface area contributed by atoms with Gasteiger partial charge in [-0.1, -0.05) is 26.0 Å².